The Balaban J connectivity index is 2.02. The van der Waals surface area contributed by atoms with E-state index in [1.54, 1.807) is 30.3 Å². The van der Waals surface area contributed by atoms with Crippen LogP contribution in [0.25, 0.3) is 0 Å². The fourth-order valence-electron chi connectivity index (χ4n) is 1.84. The van der Waals surface area contributed by atoms with Crippen LogP contribution in [0.1, 0.15) is 30.6 Å². The zero-order valence-electron chi connectivity index (χ0n) is 11.1. The van der Waals surface area contributed by atoms with Gasteiger partial charge in [0.25, 0.3) is 0 Å². The largest absolute Gasteiger partial charge is 0.489 e. The maximum absolute atomic E-state index is 13.5. The molecule has 4 heteroatoms. The first-order valence-corrected chi connectivity index (χ1v) is 6.82. The molecule has 0 saturated carbocycles. The number of hydrogen-bond acceptors (Lipinski definition) is 2. The Morgan fingerprint density at radius 1 is 1.20 bits per heavy atom. The first-order chi connectivity index (χ1) is 9.60. The summed E-state index contributed by atoms with van der Waals surface area (Å²) in [6.45, 7) is 2.03. The van der Waals surface area contributed by atoms with Crippen LogP contribution in [0.2, 0.25) is 5.02 Å². The van der Waals surface area contributed by atoms with Crippen LogP contribution >= 0.6 is 11.6 Å². The number of aliphatic hydroxyl groups is 1. The molecule has 1 N–H and O–H groups in total. The summed E-state index contributed by atoms with van der Waals surface area (Å²) in [6, 6.07) is 11.5. The van der Waals surface area contributed by atoms with Crippen LogP contribution in [-0.2, 0) is 6.61 Å². The molecule has 0 fully saturated rings. The minimum Gasteiger partial charge on any atom is -0.489 e. The molecule has 0 amide bonds. The van der Waals surface area contributed by atoms with Crippen LogP contribution in [-0.4, -0.2) is 5.11 Å². The Morgan fingerprint density at radius 2 is 1.90 bits per heavy atom. The average molecular weight is 295 g/mol. The summed E-state index contributed by atoms with van der Waals surface area (Å²) in [5.41, 5.74) is 1.25. The molecule has 2 rings (SSSR count). The minimum absolute atomic E-state index is 0.113. The molecule has 1 atom stereocenters. The van der Waals surface area contributed by atoms with Crippen molar-refractivity contribution < 1.29 is 14.2 Å². The molecule has 2 aromatic rings. The fraction of sp³-hybridized carbons (Fsp3) is 0.250. The molecule has 0 radical (unpaired) electrons. The van der Waals surface area contributed by atoms with Gasteiger partial charge in [-0.1, -0.05) is 30.7 Å². The first kappa shape index (κ1) is 14.8. The van der Waals surface area contributed by atoms with E-state index in [1.165, 1.54) is 12.1 Å². The lowest BCUT2D eigenvalue weighted by Crippen LogP contribution is -1.99. The quantitative estimate of drug-likeness (QED) is 0.879. The van der Waals surface area contributed by atoms with Crippen LogP contribution in [0.15, 0.2) is 42.5 Å². The van der Waals surface area contributed by atoms with E-state index in [2.05, 4.69) is 0 Å². The second-order valence-electron chi connectivity index (χ2n) is 4.52. The molecular formula is C16H16ClFO2. The van der Waals surface area contributed by atoms with Gasteiger partial charge in [-0.05, 0) is 42.3 Å². The molecule has 106 valence electrons. The number of ether oxygens (including phenoxy) is 1. The van der Waals surface area contributed by atoms with E-state index in [1.807, 2.05) is 6.92 Å². The maximum Gasteiger partial charge on any atom is 0.129 e. The molecule has 2 aromatic carbocycles. The van der Waals surface area contributed by atoms with Crippen molar-refractivity contribution in [3.63, 3.8) is 0 Å². The van der Waals surface area contributed by atoms with Crippen molar-refractivity contribution in [2.24, 2.45) is 0 Å². The highest BCUT2D eigenvalue weighted by molar-refractivity contribution is 6.30. The van der Waals surface area contributed by atoms with Crippen molar-refractivity contribution >= 4 is 11.6 Å². The summed E-state index contributed by atoms with van der Waals surface area (Å²) in [5.74, 6) is 0.281. The molecule has 0 aliphatic carbocycles. The van der Waals surface area contributed by atoms with E-state index >= 15 is 0 Å². The van der Waals surface area contributed by atoms with Gasteiger partial charge in [0.1, 0.15) is 18.2 Å². The maximum atomic E-state index is 13.5. The molecule has 0 spiro atoms. The second-order valence-corrected chi connectivity index (χ2v) is 4.95. The van der Waals surface area contributed by atoms with E-state index in [9.17, 15) is 9.50 Å². The van der Waals surface area contributed by atoms with Crippen LogP contribution < -0.4 is 4.74 Å². The van der Waals surface area contributed by atoms with Crippen molar-refractivity contribution in [2.45, 2.75) is 26.1 Å². The van der Waals surface area contributed by atoms with E-state index in [4.69, 9.17) is 16.3 Å². The van der Waals surface area contributed by atoms with Crippen molar-refractivity contribution in [1.29, 1.82) is 0 Å². The first-order valence-electron chi connectivity index (χ1n) is 6.45. The second kappa shape index (κ2) is 6.73. The number of halogens is 2. The standard InChI is InChI=1S/C16H16ClFO2/c1-2-16(19)11-3-6-14(7-4-11)20-10-12-9-13(17)5-8-15(12)18/h3-9,16,19H,2,10H2,1H3/t16-/m1/s1. The highest BCUT2D eigenvalue weighted by Gasteiger charge is 2.06. The van der Waals surface area contributed by atoms with Gasteiger partial charge in [0.2, 0.25) is 0 Å². The highest BCUT2D eigenvalue weighted by Crippen LogP contribution is 2.21. The van der Waals surface area contributed by atoms with Gasteiger partial charge in [-0.3, -0.25) is 0 Å². The topological polar surface area (TPSA) is 29.5 Å². The number of aliphatic hydroxyl groups excluding tert-OH is 1. The highest BCUT2D eigenvalue weighted by atomic mass is 35.5. The fourth-order valence-corrected chi connectivity index (χ4v) is 2.03. The third-order valence-electron chi connectivity index (χ3n) is 3.05. The van der Waals surface area contributed by atoms with E-state index in [0.29, 0.717) is 22.8 Å². The van der Waals surface area contributed by atoms with Gasteiger partial charge in [-0.2, -0.15) is 0 Å². The summed E-state index contributed by atoms with van der Waals surface area (Å²) in [4.78, 5) is 0. The summed E-state index contributed by atoms with van der Waals surface area (Å²) in [7, 11) is 0. The summed E-state index contributed by atoms with van der Waals surface area (Å²) >= 11 is 5.82. The molecule has 0 bridgehead atoms. The van der Waals surface area contributed by atoms with Gasteiger partial charge in [-0.15, -0.1) is 0 Å². The molecule has 0 aliphatic heterocycles. The zero-order valence-corrected chi connectivity index (χ0v) is 11.9. The van der Waals surface area contributed by atoms with Crippen molar-refractivity contribution in [1.82, 2.24) is 0 Å². The van der Waals surface area contributed by atoms with Gasteiger partial charge in [-0.25, -0.2) is 4.39 Å². The van der Waals surface area contributed by atoms with Gasteiger partial charge < -0.3 is 9.84 Å². The molecule has 0 unspecified atom stereocenters. The normalized spacial score (nSPS) is 12.2. The molecule has 20 heavy (non-hydrogen) atoms. The molecule has 0 heterocycles. The summed E-state index contributed by atoms with van der Waals surface area (Å²) in [5, 5.41) is 10.2. The van der Waals surface area contributed by atoms with Gasteiger partial charge in [0.15, 0.2) is 0 Å². The third-order valence-corrected chi connectivity index (χ3v) is 3.29. The SMILES string of the molecule is CC[C@@H](O)c1ccc(OCc2cc(Cl)ccc2F)cc1. The molecule has 0 aromatic heterocycles. The number of hydrogen-bond donors (Lipinski definition) is 1. The van der Waals surface area contributed by atoms with Gasteiger partial charge in [0.05, 0.1) is 6.10 Å². The van der Waals surface area contributed by atoms with E-state index < -0.39 is 6.10 Å². The van der Waals surface area contributed by atoms with Crippen LogP contribution in [0.5, 0.6) is 5.75 Å². The lowest BCUT2D eigenvalue weighted by Gasteiger charge is -2.10. The van der Waals surface area contributed by atoms with Crippen molar-refractivity contribution in [3.05, 3.63) is 64.4 Å². The molecular weight excluding hydrogens is 279 g/mol. The van der Waals surface area contributed by atoms with Gasteiger partial charge in [0, 0.05) is 10.6 Å². The van der Waals surface area contributed by atoms with Gasteiger partial charge >= 0.3 is 0 Å². The van der Waals surface area contributed by atoms with Crippen LogP contribution in [0.3, 0.4) is 0 Å². The lowest BCUT2D eigenvalue weighted by molar-refractivity contribution is 0.173. The molecule has 2 nitrogen and oxygen atoms in total. The molecule has 0 aliphatic rings. The Labute approximate surface area is 122 Å². The molecule has 0 saturated heterocycles. The smallest absolute Gasteiger partial charge is 0.129 e. The van der Waals surface area contributed by atoms with Crippen molar-refractivity contribution in [3.8, 4) is 5.75 Å². The van der Waals surface area contributed by atoms with Crippen LogP contribution in [0.4, 0.5) is 4.39 Å². The summed E-state index contributed by atoms with van der Waals surface area (Å²) < 4.78 is 19.0. The predicted molar refractivity (Wildman–Crippen MR) is 77.4 cm³/mol. The number of rotatable bonds is 5. The average Bonchev–Trinajstić information content (AvgIpc) is 2.48. The Hall–Kier alpha value is -1.58. The Kier molecular flexibility index (Phi) is 4.99. The zero-order chi connectivity index (χ0) is 14.5. The number of benzene rings is 2. The Bertz CT molecular complexity index is 569. The Morgan fingerprint density at radius 3 is 2.55 bits per heavy atom. The monoisotopic (exact) mass is 294 g/mol. The predicted octanol–water partition coefficient (Wildman–Crippen LogP) is 4.50. The third kappa shape index (κ3) is 3.71. The van der Waals surface area contributed by atoms with E-state index in [0.717, 1.165) is 5.56 Å². The lowest BCUT2D eigenvalue weighted by atomic mass is 10.1. The van der Waals surface area contributed by atoms with E-state index in [-0.39, 0.29) is 12.4 Å². The summed E-state index contributed by atoms with van der Waals surface area (Å²) in [6.07, 6.45) is 0.197. The van der Waals surface area contributed by atoms with Crippen LogP contribution in [0, 0.1) is 5.82 Å². The minimum atomic E-state index is -0.463. The van der Waals surface area contributed by atoms with Crippen molar-refractivity contribution in [2.75, 3.05) is 0 Å².